The minimum atomic E-state index is -0.236. The first kappa shape index (κ1) is 22.0. The van der Waals surface area contributed by atoms with Crippen LogP contribution in [0.2, 0.25) is 5.02 Å². The van der Waals surface area contributed by atoms with Crippen molar-refractivity contribution in [3.8, 4) is 5.82 Å². The fraction of sp³-hybridized carbons (Fsp3) is 0.381. The molecule has 1 fully saturated rings. The number of hydrogen-bond acceptors (Lipinski definition) is 7. The third kappa shape index (κ3) is 4.81. The topological polar surface area (TPSA) is 109 Å². The van der Waals surface area contributed by atoms with Crippen LogP contribution < -0.4 is 5.32 Å². The summed E-state index contributed by atoms with van der Waals surface area (Å²) in [5.41, 5.74) is 1.98. The summed E-state index contributed by atoms with van der Waals surface area (Å²) < 4.78 is 6.64. The number of halogens is 1. The zero-order valence-corrected chi connectivity index (χ0v) is 18.9. The number of pyridine rings is 1. The van der Waals surface area contributed by atoms with Gasteiger partial charge in [0.25, 0.3) is 5.91 Å². The van der Waals surface area contributed by atoms with Crippen molar-refractivity contribution in [3.63, 3.8) is 0 Å². The molecule has 0 aliphatic carbocycles. The maximum Gasteiger partial charge on any atom is 0.274 e. The van der Waals surface area contributed by atoms with Crippen LogP contribution in [0.4, 0.5) is 5.82 Å². The van der Waals surface area contributed by atoms with E-state index in [0.29, 0.717) is 48.6 Å². The van der Waals surface area contributed by atoms with Gasteiger partial charge in [-0.25, -0.2) is 9.67 Å². The van der Waals surface area contributed by atoms with Crippen LogP contribution in [0, 0.1) is 20.8 Å². The normalized spacial score (nSPS) is 14.6. The Morgan fingerprint density at radius 3 is 2.50 bits per heavy atom. The quantitative estimate of drug-likeness (QED) is 0.625. The smallest absolute Gasteiger partial charge is 0.274 e. The lowest BCUT2D eigenvalue weighted by Crippen LogP contribution is -2.50. The highest BCUT2D eigenvalue weighted by molar-refractivity contribution is 6.33. The number of carbonyl (C=O) groups excluding carboxylic acids is 2. The molecule has 1 aliphatic heterocycles. The summed E-state index contributed by atoms with van der Waals surface area (Å²) in [4.78, 5) is 33.5. The first-order valence-corrected chi connectivity index (χ1v) is 10.6. The van der Waals surface area contributed by atoms with Gasteiger partial charge in [0.05, 0.1) is 17.3 Å². The molecule has 2 amide bonds. The number of carbonyl (C=O) groups is 2. The van der Waals surface area contributed by atoms with Gasteiger partial charge in [-0.05, 0) is 39.0 Å². The van der Waals surface area contributed by atoms with E-state index in [1.165, 1.54) is 0 Å². The molecule has 0 unspecified atom stereocenters. The third-order valence-electron chi connectivity index (χ3n) is 5.18. The first-order valence-electron chi connectivity index (χ1n) is 10.2. The summed E-state index contributed by atoms with van der Waals surface area (Å²) in [6.07, 6.45) is 0. The fourth-order valence-electron chi connectivity index (χ4n) is 3.63. The Balaban J connectivity index is 1.37. The number of rotatable bonds is 5. The number of anilines is 1. The third-order valence-corrected chi connectivity index (χ3v) is 5.49. The molecule has 0 atom stereocenters. The number of nitrogens with one attached hydrogen (secondary N) is 1. The second-order valence-electron chi connectivity index (χ2n) is 7.78. The number of aromatic nitrogens is 4. The van der Waals surface area contributed by atoms with Crippen LogP contribution in [0.1, 0.15) is 27.6 Å². The molecule has 1 N–H and O–H groups in total. The minimum Gasteiger partial charge on any atom is -0.360 e. The van der Waals surface area contributed by atoms with Gasteiger partial charge < -0.3 is 14.7 Å². The van der Waals surface area contributed by atoms with E-state index in [9.17, 15) is 9.59 Å². The van der Waals surface area contributed by atoms with Crippen LogP contribution in [-0.4, -0.2) is 74.3 Å². The highest BCUT2D eigenvalue weighted by atomic mass is 35.5. The molecule has 0 aromatic carbocycles. The van der Waals surface area contributed by atoms with E-state index in [1.54, 1.807) is 34.7 Å². The highest BCUT2D eigenvalue weighted by Gasteiger charge is 2.26. The molecular weight excluding hydrogens is 434 g/mol. The first-order chi connectivity index (χ1) is 15.3. The molecule has 32 heavy (non-hydrogen) atoms. The zero-order valence-electron chi connectivity index (χ0n) is 18.1. The highest BCUT2D eigenvalue weighted by Crippen LogP contribution is 2.20. The molecular formula is C21H24ClN7O3. The maximum atomic E-state index is 13.1. The predicted molar refractivity (Wildman–Crippen MR) is 118 cm³/mol. The molecule has 4 heterocycles. The predicted octanol–water partition coefficient (Wildman–Crippen LogP) is 2.23. The van der Waals surface area contributed by atoms with Crippen LogP contribution in [0.25, 0.3) is 5.82 Å². The molecule has 0 bridgehead atoms. The van der Waals surface area contributed by atoms with Gasteiger partial charge in [0.15, 0.2) is 11.6 Å². The van der Waals surface area contributed by atoms with Crippen LogP contribution in [-0.2, 0) is 4.79 Å². The van der Waals surface area contributed by atoms with Crippen LogP contribution >= 0.6 is 11.6 Å². The number of aryl methyl sites for hydroxylation is 3. The summed E-state index contributed by atoms with van der Waals surface area (Å²) in [6.45, 7) is 7.86. The summed E-state index contributed by atoms with van der Waals surface area (Å²) in [5, 5.41) is 11.2. The van der Waals surface area contributed by atoms with E-state index in [-0.39, 0.29) is 24.1 Å². The molecule has 1 aliphatic rings. The molecule has 4 rings (SSSR count). The second-order valence-corrected chi connectivity index (χ2v) is 8.19. The van der Waals surface area contributed by atoms with Crippen molar-refractivity contribution in [2.45, 2.75) is 20.8 Å². The van der Waals surface area contributed by atoms with Crippen LogP contribution in [0.5, 0.6) is 0 Å². The Morgan fingerprint density at radius 2 is 1.88 bits per heavy atom. The van der Waals surface area contributed by atoms with Gasteiger partial charge in [-0.1, -0.05) is 16.8 Å². The van der Waals surface area contributed by atoms with E-state index in [4.69, 9.17) is 16.1 Å². The Morgan fingerprint density at radius 1 is 1.12 bits per heavy atom. The van der Waals surface area contributed by atoms with Gasteiger partial charge in [-0.2, -0.15) is 5.10 Å². The summed E-state index contributed by atoms with van der Waals surface area (Å²) in [5.74, 6) is 1.15. The molecule has 11 heteroatoms. The number of nitrogens with zero attached hydrogens (tertiary/aromatic N) is 6. The second kappa shape index (κ2) is 9.09. The number of piperazine rings is 1. The van der Waals surface area contributed by atoms with E-state index in [1.807, 2.05) is 24.8 Å². The van der Waals surface area contributed by atoms with Gasteiger partial charge in [0.2, 0.25) is 5.91 Å². The summed E-state index contributed by atoms with van der Waals surface area (Å²) in [6, 6.07) is 7.01. The van der Waals surface area contributed by atoms with Crippen molar-refractivity contribution in [2.75, 3.05) is 38.0 Å². The molecule has 168 valence electrons. The Kier molecular flexibility index (Phi) is 6.24. The van der Waals surface area contributed by atoms with E-state index in [0.717, 1.165) is 11.4 Å². The van der Waals surface area contributed by atoms with Crippen molar-refractivity contribution >= 4 is 29.2 Å². The molecule has 0 radical (unpaired) electrons. The molecule has 3 aromatic heterocycles. The van der Waals surface area contributed by atoms with Crippen molar-refractivity contribution in [1.82, 2.24) is 29.7 Å². The van der Waals surface area contributed by atoms with E-state index < -0.39 is 0 Å². The molecule has 0 spiro atoms. The molecule has 10 nitrogen and oxygen atoms in total. The fourth-order valence-corrected chi connectivity index (χ4v) is 3.82. The Bertz CT molecular complexity index is 1150. The summed E-state index contributed by atoms with van der Waals surface area (Å²) in [7, 11) is 0. The van der Waals surface area contributed by atoms with Gasteiger partial charge in [0, 0.05) is 37.9 Å². The molecule has 1 saturated heterocycles. The van der Waals surface area contributed by atoms with Crippen molar-refractivity contribution in [1.29, 1.82) is 0 Å². The van der Waals surface area contributed by atoms with Gasteiger partial charge in [-0.3, -0.25) is 14.5 Å². The van der Waals surface area contributed by atoms with Crippen LogP contribution in [0.15, 0.2) is 28.8 Å². The zero-order chi connectivity index (χ0) is 22.8. The maximum absolute atomic E-state index is 13.1. The standard InChI is InChI=1S/C21H24ClN7O3/c1-13-10-14(2)29(25-13)18-5-4-16(22)20(24-18)21(31)28-8-6-27(7-9-28)12-19(30)23-17-11-15(3)32-26-17/h4-5,10-11H,6-9,12H2,1-3H3,(H,23,26,30). The lowest BCUT2D eigenvalue weighted by Gasteiger charge is -2.34. The van der Waals surface area contributed by atoms with Gasteiger partial charge in [0.1, 0.15) is 11.5 Å². The Labute approximate surface area is 190 Å². The number of amides is 2. The van der Waals surface area contributed by atoms with Gasteiger partial charge >= 0.3 is 0 Å². The SMILES string of the molecule is Cc1cc(C)n(-c2ccc(Cl)c(C(=O)N3CCN(CC(=O)Nc4cc(C)on4)CC3)n2)n1. The largest absolute Gasteiger partial charge is 0.360 e. The average Bonchev–Trinajstić information content (AvgIpc) is 3.32. The number of hydrogen-bond donors (Lipinski definition) is 1. The van der Waals surface area contributed by atoms with Crippen molar-refractivity contribution in [3.05, 3.63) is 52.1 Å². The van der Waals surface area contributed by atoms with E-state index >= 15 is 0 Å². The Hall–Kier alpha value is -3.24. The lowest BCUT2D eigenvalue weighted by atomic mass is 10.2. The molecule has 3 aromatic rings. The monoisotopic (exact) mass is 457 g/mol. The minimum absolute atomic E-state index is 0.180. The lowest BCUT2D eigenvalue weighted by molar-refractivity contribution is -0.117. The van der Waals surface area contributed by atoms with Gasteiger partial charge in [-0.15, -0.1) is 0 Å². The average molecular weight is 458 g/mol. The summed E-state index contributed by atoms with van der Waals surface area (Å²) >= 11 is 6.30. The van der Waals surface area contributed by atoms with E-state index in [2.05, 4.69) is 20.6 Å². The van der Waals surface area contributed by atoms with Crippen LogP contribution in [0.3, 0.4) is 0 Å². The molecule has 0 saturated carbocycles. The van der Waals surface area contributed by atoms with Crippen molar-refractivity contribution in [2.24, 2.45) is 0 Å². The van der Waals surface area contributed by atoms with Crippen molar-refractivity contribution < 1.29 is 14.1 Å².